The van der Waals surface area contributed by atoms with E-state index >= 15 is 0 Å². The highest BCUT2D eigenvalue weighted by Crippen LogP contribution is 2.55. The van der Waals surface area contributed by atoms with Crippen molar-refractivity contribution in [1.82, 2.24) is 0 Å². The summed E-state index contributed by atoms with van der Waals surface area (Å²) < 4.78 is 13.3. The highest BCUT2D eigenvalue weighted by Gasteiger charge is 2.27. The summed E-state index contributed by atoms with van der Waals surface area (Å²) in [4.78, 5) is 15.0. The Bertz CT molecular complexity index is 1610. The first-order valence-electron chi connectivity index (χ1n) is 10.9. The normalized spacial score (nSPS) is 11.7. The third-order valence-electron chi connectivity index (χ3n) is 5.74. The molecule has 0 radical (unpaired) electrons. The SMILES string of the molecule is CCOC(=O)c1sc2c(sc3c4sc(CC)c(-c5ccccc5)c4sc23)c1-c1ccccc1. The Morgan fingerprint density at radius 2 is 1.18 bits per heavy atom. The van der Waals surface area contributed by atoms with Gasteiger partial charge in [-0.25, -0.2) is 4.79 Å². The van der Waals surface area contributed by atoms with Crippen molar-refractivity contribution in [3.63, 3.8) is 0 Å². The van der Waals surface area contributed by atoms with Crippen molar-refractivity contribution in [1.29, 1.82) is 0 Å². The van der Waals surface area contributed by atoms with E-state index in [0.29, 0.717) is 11.5 Å². The van der Waals surface area contributed by atoms with Gasteiger partial charge >= 0.3 is 5.97 Å². The van der Waals surface area contributed by atoms with Gasteiger partial charge in [0.15, 0.2) is 0 Å². The average molecular weight is 505 g/mol. The molecule has 0 fully saturated rings. The van der Waals surface area contributed by atoms with Crippen LogP contribution in [-0.2, 0) is 11.2 Å². The zero-order valence-electron chi connectivity index (χ0n) is 18.1. The van der Waals surface area contributed by atoms with Gasteiger partial charge in [0.2, 0.25) is 0 Å². The van der Waals surface area contributed by atoms with Gasteiger partial charge < -0.3 is 4.74 Å². The van der Waals surface area contributed by atoms with Gasteiger partial charge in [0.05, 0.1) is 34.8 Å². The number of carbonyl (C=O) groups is 1. The van der Waals surface area contributed by atoms with Crippen LogP contribution in [0.3, 0.4) is 0 Å². The van der Waals surface area contributed by atoms with Gasteiger partial charge in [0, 0.05) is 16.0 Å². The van der Waals surface area contributed by atoms with Gasteiger partial charge in [-0.2, -0.15) is 0 Å². The molecule has 0 aliphatic rings. The van der Waals surface area contributed by atoms with E-state index in [9.17, 15) is 4.79 Å². The van der Waals surface area contributed by atoms with Gasteiger partial charge in [-0.1, -0.05) is 67.6 Å². The lowest BCUT2D eigenvalue weighted by Gasteiger charge is -2.04. The number of carbonyl (C=O) groups excluding carboxylic acids is 1. The van der Waals surface area contributed by atoms with Crippen molar-refractivity contribution >= 4 is 79.5 Å². The Balaban J connectivity index is 1.66. The van der Waals surface area contributed by atoms with Crippen LogP contribution in [0.4, 0.5) is 0 Å². The van der Waals surface area contributed by atoms with E-state index in [0.717, 1.165) is 17.5 Å². The fourth-order valence-electron chi connectivity index (χ4n) is 4.32. The summed E-state index contributed by atoms with van der Waals surface area (Å²) in [6.45, 7) is 4.48. The Morgan fingerprint density at radius 3 is 1.76 bits per heavy atom. The zero-order chi connectivity index (χ0) is 22.5. The van der Waals surface area contributed by atoms with Crippen molar-refractivity contribution < 1.29 is 9.53 Å². The summed E-state index contributed by atoms with van der Waals surface area (Å²) in [5.74, 6) is -0.227. The van der Waals surface area contributed by atoms with Gasteiger partial charge in [-0.05, 0) is 24.5 Å². The monoisotopic (exact) mass is 504 g/mol. The fourth-order valence-corrected chi connectivity index (χ4v) is 10.4. The van der Waals surface area contributed by atoms with Gasteiger partial charge in [0.1, 0.15) is 4.88 Å². The standard InChI is InChI=1S/C27H20O2S4/c1-3-17-18(15-11-7-5-8-12-15)20-23(30-17)25-26(31-20)24-21(32-25)19(16-13-9-6-10-14-16)22(33-24)27(28)29-4-2/h5-14H,3-4H2,1-2H3. The first kappa shape index (κ1) is 21.1. The van der Waals surface area contributed by atoms with Crippen molar-refractivity contribution in [2.45, 2.75) is 20.3 Å². The molecule has 0 aliphatic heterocycles. The van der Waals surface area contributed by atoms with Crippen LogP contribution in [0.2, 0.25) is 0 Å². The molecule has 0 bridgehead atoms. The van der Waals surface area contributed by atoms with Crippen molar-refractivity contribution in [2.75, 3.05) is 6.61 Å². The van der Waals surface area contributed by atoms with Crippen LogP contribution in [-0.4, -0.2) is 12.6 Å². The maximum atomic E-state index is 12.9. The molecule has 0 saturated carbocycles. The molecule has 6 aromatic rings. The minimum atomic E-state index is -0.227. The molecule has 164 valence electrons. The Hall–Kier alpha value is -2.51. The molecule has 2 nitrogen and oxygen atoms in total. The molecule has 0 atom stereocenters. The molecule has 0 spiro atoms. The molecule has 0 unspecified atom stereocenters. The van der Waals surface area contributed by atoms with Crippen molar-refractivity contribution in [2.24, 2.45) is 0 Å². The Labute approximate surface area is 207 Å². The molecule has 4 heterocycles. The summed E-state index contributed by atoms with van der Waals surface area (Å²) in [5, 5.41) is 0. The molecule has 4 aromatic heterocycles. The molecule has 0 amide bonds. The lowest BCUT2D eigenvalue weighted by molar-refractivity contribution is 0.0533. The summed E-state index contributed by atoms with van der Waals surface area (Å²) in [6.07, 6.45) is 1.03. The molecule has 0 N–H and O–H groups in total. The molecule has 0 saturated heterocycles. The minimum Gasteiger partial charge on any atom is -0.462 e. The summed E-state index contributed by atoms with van der Waals surface area (Å²) in [6, 6.07) is 21.0. The highest BCUT2D eigenvalue weighted by atomic mass is 32.1. The smallest absolute Gasteiger partial charge is 0.349 e. The third kappa shape index (κ3) is 3.28. The minimum absolute atomic E-state index is 0.227. The second-order valence-electron chi connectivity index (χ2n) is 7.69. The predicted octanol–water partition coefficient (Wildman–Crippen LogP) is 9.47. The molecule has 2 aromatic carbocycles. The topological polar surface area (TPSA) is 26.3 Å². The lowest BCUT2D eigenvalue weighted by Crippen LogP contribution is -2.03. The maximum absolute atomic E-state index is 12.9. The van der Waals surface area contributed by atoms with Crippen LogP contribution < -0.4 is 0 Å². The first-order chi connectivity index (χ1) is 16.2. The average Bonchev–Trinajstić information content (AvgIpc) is 3.56. The van der Waals surface area contributed by atoms with Crippen LogP contribution in [0, 0.1) is 0 Å². The van der Waals surface area contributed by atoms with Crippen LogP contribution in [0.25, 0.3) is 50.5 Å². The number of thiophene rings is 4. The van der Waals surface area contributed by atoms with Gasteiger partial charge in [-0.15, -0.1) is 45.3 Å². The quantitative estimate of drug-likeness (QED) is 0.219. The summed E-state index contributed by atoms with van der Waals surface area (Å²) in [5.41, 5.74) is 4.76. The second-order valence-corrected chi connectivity index (χ2v) is 11.9. The molecule has 33 heavy (non-hydrogen) atoms. The molecular weight excluding hydrogens is 485 g/mol. The van der Waals surface area contributed by atoms with Gasteiger partial charge in [0.25, 0.3) is 0 Å². The number of rotatable bonds is 5. The first-order valence-corrected chi connectivity index (χ1v) is 14.2. The predicted molar refractivity (Wildman–Crippen MR) is 147 cm³/mol. The van der Waals surface area contributed by atoms with Crippen molar-refractivity contribution in [3.8, 4) is 22.3 Å². The summed E-state index contributed by atoms with van der Waals surface area (Å²) >= 11 is 7.22. The van der Waals surface area contributed by atoms with E-state index < -0.39 is 0 Å². The molecular formula is C27H20O2S4. The Morgan fingerprint density at radius 1 is 0.667 bits per heavy atom. The van der Waals surface area contributed by atoms with Crippen LogP contribution in [0.5, 0.6) is 0 Å². The fraction of sp³-hybridized carbons (Fsp3) is 0.148. The van der Waals surface area contributed by atoms with E-state index in [2.05, 4.69) is 49.4 Å². The molecule has 0 aliphatic carbocycles. The third-order valence-corrected chi connectivity index (χ3v) is 11.4. The van der Waals surface area contributed by atoms with E-state index in [1.165, 1.54) is 44.2 Å². The maximum Gasteiger partial charge on any atom is 0.349 e. The van der Waals surface area contributed by atoms with E-state index in [1.54, 1.807) is 11.3 Å². The van der Waals surface area contributed by atoms with E-state index in [-0.39, 0.29) is 5.97 Å². The van der Waals surface area contributed by atoms with Gasteiger partial charge in [-0.3, -0.25) is 0 Å². The molecule has 6 heteroatoms. The lowest BCUT2D eigenvalue weighted by atomic mass is 10.1. The largest absolute Gasteiger partial charge is 0.462 e. The van der Waals surface area contributed by atoms with Crippen LogP contribution in [0.15, 0.2) is 60.7 Å². The molecule has 6 rings (SSSR count). The Kier molecular flexibility index (Phi) is 5.34. The van der Waals surface area contributed by atoms with E-state index in [1.807, 2.05) is 59.1 Å². The summed E-state index contributed by atoms with van der Waals surface area (Å²) in [7, 11) is 0. The number of aryl methyl sites for hydroxylation is 1. The zero-order valence-corrected chi connectivity index (χ0v) is 21.4. The van der Waals surface area contributed by atoms with Crippen molar-refractivity contribution in [3.05, 3.63) is 70.4 Å². The number of esters is 1. The van der Waals surface area contributed by atoms with Crippen LogP contribution in [0.1, 0.15) is 28.4 Å². The number of hydrogen-bond donors (Lipinski definition) is 0. The van der Waals surface area contributed by atoms with E-state index in [4.69, 9.17) is 4.74 Å². The number of hydrogen-bond acceptors (Lipinski definition) is 6. The highest BCUT2D eigenvalue weighted by molar-refractivity contribution is 7.45. The van der Waals surface area contributed by atoms with Crippen LogP contribution >= 0.6 is 45.3 Å². The second kappa shape index (κ2) is 8.37. The number of benzene rings is 2. The number of fused-ring (bicyclic) bond motifs is 5. The number of ether oxygens (including phenoxy) is 1.